The number of unbranched alkanes of at least 4 members (excludes halogenated alkanes) is 1. The van der Waals surface area contributed by atoms with Gasteiger partial charge in [-0.3, -0.25) is 9.59 Å². The lowest BCUT2D eigenvalue weighted by Gasteiger charge is -2.14. The summed E-state index contributed by atoms with van der Waals surface area (Å²) >= 11 is 0. The molecule has 0 aromatic carbocycles. The van der Waals surface area contributed by atoms with Crippen LogP contribution in [0.25, 0.3) is 0 Å². The van der Waals surface area contributed by atoms with Crippen LogP contribution >= 0.6 is 0 Å². The maximum atomic E-state index is 11.9. The Balaban J connectivity index is 2.19. The molecule has 0 bridgehead atoms. The first-order valence-corrected chi connectivity index (χ1v) is 7.28. The Bertz CT molecular complexity index is 401. The first-order valence-electron chi connectivity index (χ1n) is 7.28. The Kier molecular flexibility index (Phi) is 7.47. The van der Waals surface area contributed by atoms with Crippen molar-refractivity contribution in [2.24, 2.45) is 5.92 Å². The van der Waals surface area contributed by atoms with Crippen LogP contribution in [0.2, 0.25) is 0 Å². The largest absolute Gasteiger partial charge is 0.459 e. The van der Waals surface area contributed by atoms with Gasteiger partial charge in [-0.05, 0) is 25.0 Å². The van der Waals surface area contributed by atoms with Crippen molar-refractivity contribution in [3.05, 3.63) is 24.2 Å². The average Bonchev–Trinajstić information content (AvgIpc) is 2.98. The van der Waals surface area contributed by atoms with Gasteiger partial charge in [0.2, 0.25) is 5.91 Å². The van der Waals surface area contributed by atoms with Gasteiger partial charge in [0.1, 0.15) is 0 Å². The average molecular weight is 280 g/mol. The van der Waals surface area contributed by atoms with E-state index < -0.39 is 0 Å². The number of nitrogens with one attached hydrogen (secondary N) is 2. The lowest BCUT2D eigenvalue weighted by atomic mass is 9.98. The minimum Gasteiger partial charge on any atom is -0.459 e. The lowest BCUT2D eigenvalue weighted by Crippen LogP contribution is -2.37. The molecule has 2 N–H and O–H groups in total. The van der Waals surface area contributed by atoms with Crippen molar-refractivity contribution in [3.63, 3.8) is 0 Å². The molecule has 112 valence electrons. The summed E-state index contributed by atoms with van der Waals surface area (Å²) in [6, 6.07) is 3.27. The van der Waals surface area contributed by atoms with Crippen molar-refractivity contribution < 1.29 is 14.0 Å². The van der Waals surface area contributed by atoms with Gasteiger partial charge in [-0.15, -0.1) is 0 Å². The zero-order valence-electron chi connectivity index (χ0n) is 12.3. The Morgan fingerprint density at radius 1 is 1.25 bits per heavy atom. The van der Waals surface area contributed by atoms with E-state index in [1.807, 2.05) is 6.92 Å². The summed E-state index contributed by atoms with van der Waals surface area (Å²) in [5.41, 5.74) is 0. The Morgan fingerprint density at radius 2 is 2.00 bits per heavy atom. The van der Waals surface area contributed by atoms with Crippen molar-refractivity contribution in [3.8, 4) is 0 Å². The molecule has 1 heterocycles. The van der Waals surface area contributed by atoms with Gasteiger partial charge in [0.05, 0.1) is 6.26 Å². The monoisotopic (exact) mass is 280 g/mol. The predicted octanol–water partition coefficient (Wildman–Crippen LogP) is 2.34. The van der Waals surface area contributed by atoms with Crippen LogP contribution in [0.5, 0.6) is 0 Å². The summed E-state index contributed by atoms with van der Waals surface area (Å²) in [6.07, 6.45) is 5.41. The van der Waals surface area contributed by atoms with E-state index >= 15 is 0 Å². The minimum atomic E-state index is -0.262. The molecule has 20 heavy (non-hydrogen) atoms. The van der Waals surface area contributed by atoms with Gasteiger partial charge in [-0.25, -0.2) is 0 Å². The fraction of sp³-hybridized carbons (Fsp3) is 0.600. The summed E-state index contributed by atoms with van der Waals surface area (Å²) < 4.78 is 4.97. The van der Waals surface area contributed by atoms with E-state index in [4.69, 9.17) is 4.42 Å². The molecule has 1 aromatic heterocycles. The van der Waals surface area contributed by atoms with Crippen molar-refractivity contribution in [2.45, 2.75) is 39.5 Å². The number of amides is 2. The van der Waals surface area contributed by atoms with E-state index in [1.165, 1.54) is 6.26 Å². The number of hydrogen-bond acceptors (Lipinski definition) is 3. The molecule has 2 amide bonds. The topological polar surface area (TPSA) is 71.3 Å². The van der Waals surface area contributed by atoms with Crippen LogP contribution in [0.3, 0.4) is 0 Å². The second-order valence-corrected chi connectivity index (χ2v) is 4.77. The van der Waals surface area contributed by atoms with Gasteiger partial charge in [-0.2, -0.15) is 0 Å². The molecular weight excluding hydrogens is 256 g/mol. The first-order chi connectivity index (χ1) is 9.69. The van der Waals surface area contributed by atoms with Crippen molar-refractivity contribution in [1.82, 2.24) is 10.6 Å². The van der Waals surface area contributed by atoms with Crippen LogP contribution in [0, 0.1) is 5.92 Å². The first kappa shape index (κ1) is 16.3. The number of carbonyl (C=O) groups excluding carboxylic acids is 2. The highest BCUT2D eigenvalue weighted by Gasteiger charge is 2.15. The van der Waals surface area contributed by atoms with Crippen molar-refractivity contribution in [2.75, 3.05) is 13.1 Å². The Labute approximate surface area is 120 Å². The molecule has 0 spiro atoms. The van der Waals surface area contributed by atoms with Crippen LogP contribution in [0.4, 0.5) is 0 Å². The molecule has 1 unspecified atom stereocenters. The summed E-state index contributed by atoms with van der Waals surface area (Å²) in [6.45, 7) is 4.98. The molecule has 0 saturated carbocycles. The standard InChI is InChI=1S/C15H24N2O3/c1-3-5-7-12(4-2)14(18)16-9-10-17-15(19)13-8-6-11-20-13/h6,8,11-12H,3-5,7,9-10H2,1-2H3,(H,16,18)(H,17,19). The van der Waals surface area contributed by atoms with Gasteiger partial charge in [0, 0.05) is 19.0 Å². The third-order valence-electron chi connectivity index (χ3n) is 3.22. The zero-order valence-corrected chi connectivity index (χ0v) is 12.3. The molecule has 0 aliphatic heterocycles. The van der Waals surface area contributed by atoms with Gasteiger partial charge in [-0.1, -0.05) is 26.7 Å². The molecular formula is C15H24N2O3. The maximum absolute atomic E-state index is 11.9. The normalized spacial score (nSPS) is 11.9. The second-order valence-electron chi connectivity index (χ2n) is 4.77. The Morgan fingerprint density at radius 3 is 2.60 bits per heavy atom. The molecule has 0 saturated heterocycles. The summed E-state index contributed by atoms with van der Waals surface area (Å²) in [7, 11) is 0. The van der Waals surface area contributed by atoms with Gasteiger partial charge >= 0.3 is 0 Å². The molecule has 1 rings (SSSR count). The van der Waals surface area contributed by atoms with E-state index in [-0.39, 0.29) is 23.5 Å². The molecule has 0 aliphatic rings. The van der Waals surface area contributed by atoms with E-state index in [0.29, 0.717) is 13.1 Å². The van der Waals surface area contributed by atoms with E-state index in [2.05, 4.69) is 17.6 Å². The third kappa shape index (κ3) is 5.47. The predicted molar refractivity (Wildman–Crippen MR) is 77.4 cm³/mol. The SMILES string of the molecule is CCCCC(CC)C(=O)NCCNC(=O)c1ccco1. The van der Waals surface area contributed by atoms with Crippen LogP contribution in [0.15, 0.2) is 22.8 Å². The molecule has 5 heteroatoms. The highest BCUT2D eigenvalue weighted by atomic mass is 16.3. The highest BCUT2D eigenvalue weighted by Crippen LogP contribution is 2.12. The van der Waals surface area contributed by atoms with Crippen molar-refractivity contribution >= 4 is 11.8 Å². The maximum Gasteiger partial charge on any atom is 0.287 e. The summed E-state index contributed by atoms with van der Waals surface area (Å²) in [5, 5.41) is 5.55. The third-order valence-corrected chi connectivity index (χ3v) is 3.22. The zero-order chi connectivity index (χ0) is 14.8. The van der Waals surface area contributed by atoms with Crippen LogP contribution in [0.1, 0.15) is 50.1 Å². The minimum absolute atomic E-state index is 0.0770. The highest BCUT2D eigenvalue weighted by molar-refractivity contribution is 5.91. The molecule has 0 fully saturated rings. The molecule has 1 atom stereocenters. The number of carbonyl (C=O) groups is 2. The lowest BCUT2D eigenvalue weighted by molar-refractivity contribution is -0.125. The molecule has 0 aliphatic carbocycles. The number of hydrogen-bond donors (Lipinski definition) is 2. The summed E-state index contributed by atoms with van der Waals surface area (Å²) in [4.78, 5) is 23.5. The fourth-order valence-corrected chi connectivity index (χ4v) is 1.97. The number of rotatable bonds is 9. The van der Waals surface area contributed by atoms with E-state index in [9.17, 15) is 9.59 Å². The second kappa shape index (κ2) is 9.18. The number of furan rings is 1. The fourth-order valence-electron chi connectivity index (χ4n) is 1.97. The summed E-state index contributed by atoms with van der Waals surface area (Å²) in [5.74, 6) is 0.178. The van der Waals surface area contributed by atoms with E-state index in [0.717, 1.165) is 25.7 Å². The van der Waals surface area contributed by atoms with Crippen LogP contribution < -0.4 is 10.6 Å². The van der Waals surface area contributed by atoms with Crippen LogP contribution in [-0.4, -0.2) is 24.9 Å². The molecule has 0 radical (unpaired) electrons. The molecule has 5 nitrogen and oxygen atoms in total. The van der Waals surface area contributed by atoms with Gasteiger partial charge < -0.3 is 15.1 Å². The van der Waals surface area contributed by atoms with E-state index in [1.54, 1.807) is 12.1 Å². The van der Waals surface area contributed by atoms with Gasteiger partial charge in [0.25, 0.3) is 5.91 Å². The smallest absolute Gasteiger partial charge is 0.287 e. The van der Waals surface area contributed by atoms with Gasteiger partial charge in [0.15, 0.2) is 5.76 Å². The van der Waals surface area contributed by atoms with Crippen molar-refractivity contribution in [1.29, 1.82) is 0 Å². The quantitative estimate of drug-likeness (QED) is 0.682. The molecule has 1 aromatic rings. The Hall–Kier alpha value is -1.78. The van der Waals surface area contributed by atoms with Crippen LogP contribution in [-0.2, 0) is 4.79 Å².